The first-order chi connectivity index (χ1) is 7.13. The van der Waals surface area contributed by atoms with Gasteiger partial charge in [0.2, 0.25) is 0 Å². The molecule has 3 nitrogen and oxygen atoms in total. The first-order valence-corrected chi connectivity index (χ1v) is 4.96. The fourth-order valence-electron chi connectivity index (χ4n) is 1.76. The molecule has 2 aromatic rings. The van der Waals surface area contributed by atoms with E-state index in [0.717, 1.165) is 17.4 Å². The first-order valence-electron chi connectivity index (χ1n) is 4.96. The zero-order valence-corrected chi connectivity index (χ0v) is 8.82. The van der Waals surface area contributed by atoms with Crippen LogP contribution in [-0.4, -0.2) is 15.5 Å². The molecule has 1 aromatic heterocycles. The Bertz CT molecular complexity index is 526. The van der Waals surface area contributed by atoms with Crippen molar-refractivity contribution in [3.63, 3.8) is 0 Å². The Morgan fingerprint density at radius 1 is 1.47 bits per heavy atom. The number of aromatic hydroxyl groups is 1. The number of phenolic OH excluding ortho intramolecular Hbond substituents is 1. The van der Waals surface area contributed by atoms with Crippen molar-refractivity contribution in [1.82, 2.24) is 4.57 Å². The molecule has 2 rings (SSSR count). The van der Waals surface area contributed by atoms with Crippen LogP contribution in [0.3, 0.4) is 0 Å². The monoisotopic (exact) mass is 203 g/mol. The van der Waals surface area contributed by atoms with Crippen molar-refractivity contribution < 1.29 is 9.90 Å². The first kappa shape index (κ1) is 9.77. The molecule has 1 heterocycles. The smallest absolute Gasteiger partial charge is 0.160 e. The van der Waals surface area contributed by atoms with E-state index < -0.39 is 0 Å². The summed E-state index contributed by atoms with van der Waals surface area (Å²) in [4.78, 5) is 11.2. The van der Waals surface area contributed by atoms with Crippen LogP contribution in [0.4, 0.5) is 0 Å². The van der Waals surface area contributed by atoms with Crippen molar-refractivity contribution in [1.29, 1.82) is 0 Å². The molecule has 0 atom stereocenters. The van der Waals surface area contributed by atoms with E-state index in [0.29, 0.717) is 5.56 Å². The quantitative estimate of drug-likeness (QED) is 0.762. The summed E-state index contributed by atoms with van der Waals surface area (Å²) in [6.45, 7) is 4.35. The number of hydrogen-bond acceptors (Lipinski definition) is 2. The van der Waals surface area contributed by atoms with E-state index in [1.165, 1.54) is 13.0 Å². The maximum atomic E-state index is 11.2. The van der Waals surface area contributed by atoms with E-state index in [-0.39, 0.29) is 11.5 Å². The Kier molecular flexibility index (Phi) is 2.23. The van der Waals surface area contributed by atoms with E-state index >= 15 is 0 Å². The van der Waals surface area contributed by atoms with Gasteiger partial charge in [-0.1, -0.05) is 0 Å². The minimum Gasteiger partial charge on any atom is -0.507 e. The summed E-state index contributed by atoms with van der Waals surface area (Å²) in [5.41, 5.74) is 1.45. The lowest BCUT2D eigenvalue weighted by Gasteiger charge is -2.04. The maximum Gasteiger partial charge on any atom is 0.160 e. The molecule has 0 amide bonds. The Morgan fingerprint density at radius 2 is 2.20 bits per heavy atom. The van der Waals surface area contributed by atoms with Crippen molar-refractivity contribution >= 4 is 16.7 Å². The molecule has 1 aromatic carbocycles. The number of nitrogens with zero attached hydrogens (tertiary/aromatic N) is 1. The third kappa shape index (κ3) is 1.50. The van der Waals surface area contributed by atoms with Gasteiger partial charge in [0.05, 0.1) is 5.52 Å². The molecular formula is C12H13NO2. The molecule has 0 fully saturated rings. The SMILES string of the molecule is CCn1ccc2c(O)cc(C(C)=O)cc21. The van der Waals surface area contributed by atoms with E-state index in [1.54, 1.807) is 0 Å². The minimum absolute atomic E-state index is 0.0314. The van der Waals surface area contributed by atoms with Crippen LogP contribution in [0.1, 0.15) is 24.2 Å². The molecule has 0 bridgehead atoms. The summed E-state index contributed by atoms with van der Waals surface area (Å²) in [6, 6.07) is 5.20. The van der Waals surface area contributed by atoms with Crippen LogP contribution >= 0.6 is 0 Å². The summed E-state index contributed by atoms with van der Waals surface area (Å²) in [6.07, 6.45) is 1.91. The second kappa shape index (κ2) is 3.42. The number of carbonyl (C=O) groups excluding carboxylic acids is 1. The van der Waals surface area contributed by atoms with Crippen LogP contribution in [0.2, 0.25) is 0 Å². The summed E-state index contributed by atoms with van der Waals surface area (Å²) >= 11 is 0. The fourth-order valence-corrected chi connectivity index (χ4v) is 1.76. The van der Waals surface area contributed by atoms with E-state index in [9.17, 15) is 9.90 Å². The van der Waals surface area contributed by atoms with Crippen LogP contribution in [0, 0.1) is 0 Å². The Labute approximate surface area is 87.9 Å². The number of rotatable bonds is 2. The van der Waals surface area contributed by atoms with Crippen LogP contribution in [0.15, 0.2) is 24.4 Å². The molecule has 0 saturated heterocycles. The van der Waals surface area contributed by atoms with Gasteiger partial charge >= 0.3 is 0 Å². The minimum atomic E-state index is -0.0314. The highest BCUT2D eigenvalue weighted by atomic mass is 16.3. The third-order valence-corrected chi connectivity index (χ3v) is 2.61. The van der Waals surface area contributed by atoms with Crippen LogP contribution < -0.4 is 0 Å². The predicted molar refractivity (Wildman–Crippen MR) is 59.3 cm³/mol. The van der Waals surface area contributed by atoms with Crippen molar-refractivity contribution in [3.05, 3.63) is 30.0 Å². The van der Waals surface area contributed by atoms with Gasteiger partial charge in [-0.25, -0.2) is 0 Å². The van der Waals surface area contributed by atoms with Crippen molar-refractivity contribution in [3.8, 4) is 5.75 Å². The van der Waals surface area contributed by atoms with Gasteiger partial charge in [-0.05, 0) is 32.0 Å². The number of phenols is 1. The molecule has 0 aliphatic carbocycles. The Hall–Kier alpha value is -1.77. The second-order valence-electron chi connectivity index (χ2n) is 3.59. The number of benzene rings is 1. The molecule has 15 heavy (non-hydrogen) atoms. The summed E-state index contributed by atoms with van der Waals surface area (Å²) in [5, 5.41) is 10.5. The van der Waals surface area contributed by atoms with Crippen molar-refractivity contribution in [2.75, 3.05) is 0 Å². The molecule has 0 aliphatic rings. The summed E-state index contributed by atoms with van der Waals surface area (Å²) in [5.74, 6) is 0.140. The lowest BCUT2D eigenvalue weighted by Crippen LogP contribution is -1.95. The zero-order chi connectivity index (χ0) is 11.0. The molecule has 0 radical (unpaired) electrons. The van der Waals surface area contributed by atoms with Gasteiger partial charge in [0.25, 0.3) is 0 Å². The average molecular weight is 203 g/mol. The number of aromatic nitrogens is 1. The van der Waals surface area contributed by atoms with Crippen LogP contribution in [-0.2, 0) is 6.54 Å². The topological polar surface area (TPSA) is 42.2 Å². The van der Waals surface area contributed by atoms with Crippen molar-refractivity contribution in [2.45, 2.75) is 20.4 Å². The fraction of sp³-hybridized carbons (Fsp3) is 0.250. The molecule has 0 aliphatic heterocycles. The van der Waals surface area contributed by atoms with Gasteiger partial charge in [-0.15, -0.1) is 0 Å². The summed E-state index contributed by atoms with van der Waals surface area (Å²) in [7, 11) is 0. The van der Waals surface area contributed by atoms with Gasteiger partial charge in [0.1, 0.15) is 5.75 Å². The number of ketones is 1. The Morgan fingerprint density at radius 3 is 2.80 bits per heavy atom. The molecule has 78 valence electrons. The van der Waals surface area contributed by atoms with Crippen molar-refractivity contribution in [2.24, 2.45) is 0 Å². The number of carbonyl (C=O) groups is 1. The predicted octanol–water partition coefficient (Wildman–Crippen LogP) is 2.57. The summed E-state index contributed by atoms with van der Waals surface area (Å²) < 4.78 is 2.00. The zero-order valence-electron chi connectivity index (χ0n) is 8.82. The molecule has 0 unspecified atom stereocenters. The van der Waals surface area contributed by atoms with E-state index in [2.05, 4.69) is 0 Å². The third-order valence-electron chi connectivity index (χ3n) is 2.61. The number of Topliss-reactive ketones (excluding diaryl/α,β-unsaturated/α-hetero) is 1. The highest BCUT2D eigenvalue weighted by molar-refractivity contribution is 6.00. The lowest BCUT2D eigenvalue weighted by atomic mass is 10.1. The average Bonchev–Trinajstić information content (AvgIpc) is 2.60. The molecule has 0 spiro atoms. The highest BCUT2D eigenvalue weighted by Crippen LogP contribution is 2.27. The second-order valence-corrected chi connectivity index (χ2v) is 3.59. The molecule has 3 heteroatoms. The normalized spacial score (nSPS) is 10.8. The standard InChI is InChI=1S/C12H13NO2/c1-3-13-5-4-10-11(13)6-9(8(2)14)7-12(10)15/h4-7,15H,3H2,1-2H3. The van der Waals surface area contributed by atoms with Gasteiger partial charge in [0, 0.05) is 23.7 Å². The Balaban J connectivity index is 2.77. The van der Waals surface area contributed by atoms with Gasteiger partial charge in [-0.2, -0.15) is 0 Å². The molecule has 1 N–H and O–H groups in total. The molecule has 0 saturated carbocycles. The number of fused-ring (bicyclic) bond motifs is 1. The number of hydrogen-bond donors (Lipinski definition) is 1. The van der Waals surface area contributed by atoms with E-state index in [4.69, 9.17) is 0 Å². The highest BCUT2D eigenvalue weighted by Gasteiger charge is 2.08. The maximum absolute atomic E-state index is 11.2. The largest absolute Gasteiger partial charge is 0.507 e. The van der Waals surface area contributed by atoms with Gasteiger partial charge in [0.15, 0.2) is 5.78 Å². The number of aryl methyl sites for hydroxylation is 1. The molecular weight excluding hydrogens is 190 g/mol. The van der Waals surface area contributed by atoms with Crippen LogP contribution in [0.25, 0.3) is 10.9 Å². The van der Waals surface area contributed by atoms with E-state index in [1.807, 2.05) is 29.8 Å². The van der Waals surface area contributed by atoms with Gasteiger partial charge in [-0.3, -0.25) is 4.79 Å². The van der Waals surface area contributed by atoms with Gasteiger partial charge < -0.3 is 9.67 Å². The lowest BCUT2D eigenvalue weighted by molar-refractivity contribution is 0.101. The van der Waals surface area contributed by atoms with Crippen LogP contribution in [0.5, 0.6) is 5.75 Å².